The van der Waals surface area contributed by atoms with Gasteiger partial charge in [0.25, 0.3) is 0 Å². The van der Waals surface area contributed by atoms with Crippen molar-refractivity contribution in [2.45, 2.75) is 37.4 Å². The van der Waals surface area contributed by atoms with Gasteiger partial charge in [0.1, 0.15) is 0 Å². The average molecular weight is 470 g/mol. The Labute approximate surface area is 195 Å². The molecular weight excluding hydrogens is 438 g/mol. The fourth-order valence-electron chi connectivity index (χ4n) is 4.34. The Bertz CT molecular complexity index is 1080. The maximum absolute atomic E-state index is 13.0. The quantitative estimate of drug-likeness (QED) is 0.535. The highest BCUT2D eigenvalue weighted by molar-refractivity contribution is 7.89. The first-order valence-corrected chi connectivity index (χ1v) is 13.4. The van der Waals surface area contributed by atoms with Gasteiger partial charge >= 0.3 is 0 Å². The van der Waals surface area contributed by atoms with Crippen molar-refractivity contribution >= 4 is 21.4 Å². The summed E-state index contributed by atoms with van der Waals surface area (Å²) in [6.45, 7) is 8.64. The van der Waals surface area contributed by atoms with E-state index in [2.05, 4.69) is 50.2 Å². The molecule has 1 aromatic heterocycles. The zero-order valence-corrected chi connectivity index (χ0v) is 20.3. The molecule has 0 spiro atoms. The lowest BCUT2D eigenvalue weighted by Gasteiger charge is -2.41. The minimum absolute atomic E-state index is 0.00842. The Morgan fingerprint density at radius 1 is 0.938 bits per heavy atom. The molecule has 1 fully saturated rings. The molecule has 2 aromatic carbocycles. The van der Waals surface area contributed by atoms with Crippen molar-refractivity contribution in [3.05, 3.63) is 88.1 Å². The third-order valence-corrected chi connectivity index (χ3v) is 8.55. The molecule has 3 aromatic rings. The second-order valence-electron chi connectivity index (χ2n) is 8.48. The zero-order chi connectivity index (χ0) is 22.6. The summed E-state index contributed by atoms with van der Waals surface area (Å²) in [6, 6.07) is 21.5. The van der Waals surface area contributed by atoms with E-state index in [-0.39, 0.29) is 12.1 Å². The van der Waals surface area contributed by atoms with Crippen LogP contribution < -0.4 is 4.72 Å². The highest BCUT2D eigenvalue weighted by atomic mass is 32.2. The fraction of sp³-hybridized carbons (Fsp3) is 0.360. The predicted octanol–water partition coefficient (Wildman–Crippen LogP) is 4.28. The molecule has 7 heteroatoms. The lowest BCUT2D eigenvalue weighted by molar-refractivity contribution is 0.0819. The van der Waals surface area contributed by atoms with Crippen LogP contribution in [0.1, 0.15) is 29.0 Å². The second kappa shape index (κ2) is 10.3. The van der Waals surface area contributed by atoms with Crippen LogP contribution in [0.15, 0.2) is 77.0 Å². The van der Waals surface area contributed by atoms with Gasteiger partial charge in [-0.3, -0.25) is 9.80 Å². The summed E-state index contributed by atoms with van der Waals surface area (Å²) in [6.07, 6.45) is 0. The van der Waals surface area contributed by atoms with Crippen molar-refractivity contribution in [1.29, 1.82) is 0 Å². The van der Waals surface area contributed by atoms with Crippen LogP contribution in [0, 0.1) is 6.92 Å². The molecule has 170 valence electrons. The highest BCUT2D eigenvalue weighted by Crippen LogP contribution is 2.30. The number of nitrogens with zero attached hydrogens (tertiary/aromatic N) is 2. The first-order valence-electron chi connectivity index (χ1n) is 11.0. The number of piperazine rings is 1. The molecule has 32 heavy (non-hydrogen) atoms. The lowest BCUT2D eigenvalue weighted by atomic mass is 10.1. The molecular formula is C25H31N3O2S2. The van der Waals surface area contributed by atoms with E-state index < -0.39 is 10.0 Å². The SMILES string of the molecule is Cc1ccc(S(=O)(=O)N[C@@H](C)[C@H](c2cccs2)N2CCN(Cc3ccccc3)CC2)cc1. The van der Waals surface area contributed by atoms with Crippen LogP contribution in [0.25, 0.3) is 0 Å². The van der Waals surface area contributed by atoms with E-state index in [9.17, 15) is 8.42 Å². The minimum atomic E-state index is -3.58. The number of hydrogen-bond acceptors (Lipinski definition) is 5. The van der Waals surface area contributed by atoms with E-state index in [4.69, 9.17) is 0 Å². The van der Waals surface area contributed by atoms with E-state index in [1.807, 2.05) is 38.1 Å². The van der Waals surface area contributed by atoms with Crippen molar-refractivity contribution < 1.29 is 8.42 Å². The Morgan fingerprint density at radius 3 is 2.25 bits per heavy atom. The van der Waals surface area contributed by atoms with Crippen LogP contribution in [0.4, 0.5) is 0 Å². The van der Waals surface area contributed by atoms with Crippen LogP contribution in [0.2, 0.25) is 0 Å². The monoisotopic (exact) mass is 469 g/mol. The standard InChI is InChI=1S/C25H31N3O2S2/c1-20-10-12-23(13-11-20)32(29,30)26-21(2)25(24-9-6-18-31-24)28-16-14-27(15-17-28)19-22-7-4-3-5-8-22/h3-13,18,21,25-26H,14-17,19H2,1-2H3/t21-,25+/m0/s1. The summed E-state index contributed by atoms with van der Waals surface area (Å²) in [4.78, 5) is 6.40. The summed E-state index contributed by atoms with van der Waals surface area (Å²) >= 11 is 1.69. The van der Waals surface area contributed by atoms with E-state index in [0.29, 0.717) is 4.90 Å². The molecule has 0 bridgehead atoms. The largest absolute Gasteiger partial charge is 0.297 e. The minimum Gasteiger partial charge on any atom is -0.297 e. The van der Waals surface area contributed by atoms with Crippen LogP contribution >= 0.6 is 11.3 Å². The summed E-state index contributed by atoms with van der Waals surface area (Å²) in [5.41, 5.74) is 2.37. The molecule has 0 unspecified atom stereocenters. The summed E-state index contributed by atoms with van der Waals surface area (Å²) < 4.78 is 29.0. The van der Waals surface area contributed by atoms with Crippen molar-refractivity contribution in [1.82, 2.24) is 14.5 Å². The number of rotatable bonds is 8. The summed E-state index contributed by atoms with van der Waals surface area (Å²) in [7, 11) is -3.58. The van der Waals surface area contributed by atoms with Gasteiger partial charge in [-0.2, -0.15) is 0 Å². The van der Waals surface area contributed by atoms with Gasteiger partial charge in [0, 0.05) is 43.6 Å². The van der Waals surface area contributed by atoms with Crippen molar-refractivity contribution in [3.8, 4) is 0 Å². The number of benzene rings is 2. The van der Waals surface area contributed by atoms with Gasteiger partial charge in [0.05, 0.1) is 10.9 Å². The van der Waals surface area contributed by atoms with Crippen LogP contribution in [0.5, 0.6) is 0 Å². The maximum Gasteiger partial charge on any atom is 0.240 e. The van der Waals surface area contributed by atoms with E-state index in [1.54, 1.807) is 23.5 Å². The second-order valence-corrected chi connectivity index (χ2v) is 11.2. The number of hydrogen-bond donors (Lipinski definition) is 1. The normalized spacial score (nSPS) is 17.8. The maximum atomic E-state index is 13.0. The third-order valence-electron chi connectivity index (χ3n) is 6.03. The van der Waals surface area contributed by atoms with Gasteiger partial charge in [0.2, 0.25) is 10.0 Å². The van der Waals surface area contributed by atoms with Crippen LogP contribution in [-0.2, 0) is 16.6 Å². The van der Waals surface area contributed by atoms with Gasteiger partial charge in [-0.25, -0.2) is 13.1 Å². The molecule has 0 saturated carbocycles. The lowest BCUT2D eigenvalue weighted by Crippen LogP contribution is -2.52. The Kier molecular flexibility index (Phi) is 7.43. The molecule has 0 aliphatic carbocycles. The summed E-state index contributed by atoms with van der Waals surface area (Å²) in [5.74, 6) is 0. The van der Waals surface area contributed by atoms with Gasteiger partial charge in [-0.05, 0) is 43.0 Å². The molecule has 5 nitrogen and oxygen atoms in total. The molecule has 0 radical (unpaired) electrons. The molecule has 1 saturated heterocycles. The van der Waals surface area contributed by atoms with Crippen molar-refractivity contribution in [2.24, 2.45) is 0 Å². The Hall–Kier alpha value is -2.03. The number of aryl methyl sites for hydroxylation is 1. The number of thiophene rings is 1. The fourth-order valence-corrected chi connectivity index (χ4v) is 6.55. The first kappa shape index (κ1) is 23.1. The van der Waals surface area contributed by atoms with Crippen LogP contribution in [-0.4, -0.2) is 50.4 Å². The topological polar surface area (TPSA) is 52.7 Å². The van der Waals surface area contributed by atoms with Gasteiger partial charge < -0.3 is 0 Å². The number of sulfonamides is 1. The zero-order valence-electron chi connectivity index (χ0n) is 18.6. The van der Waals surface area contributed by atoms with E-state index in [0.717, 1.165) is 38.3 Å². The Morgan fingerprint density at radius 2 is 1.62 bits per heavy atom. The van der Waals surface area contributed by atoms with E-state index in [1.165, 1.54) is 10.4 Å². The molecule has 1 N–H and O–H groups in total. The summed E-state index contributed by atoms with van der Waals surface area (Å²) in [5, 5.41) is 2.06. The smallest absolute Gasteiger partial charge is 0.240 e. The predicted molar refractivity (Wildman–Crippen MR) is 131 cm³/mol. The van der Waals surface area contributed by atoms with Crippen LogP contribution in [0.3, 0.4) is 0 Å². The molecule has 1 aliphatic heterocycles. The first-order chi connectivity index (χ1) is 15.4. The molecule has 2 atom stereocenters. The van der Waals surface area contributed by atoms with Crippen molar-refractivity contribution in [3.63, 3.8) is 0 Å². The van der Waals surface area contributed by atoms with Gasteiger partial charge in [-0.1, -0.05) is 54.1 Å². The molecule has 4 rings (SSSR count). The Balaban J connectivity index is 1.45. The van der Waals surface area contributed by atoms with Crippen molar-refractivity contribution in [2.75, 3.05) is 26.2 Å². The van der Waals surface area contributed by atoms with E-state index >= 15 is 0 Å². The van der Waals surface area contributed by atoms with Gasteiger partial charge in [-0.15, -0.1) is 11.3 Å². The third kappa shape index (κ3) is 5.66. The molecule has 2 heterocycles. The average Bonchev–Trinajstić information content (AvgIpc) is 3.30. The highest BCUT2D eigenvalue weighted by Gasteiger charge is 2.32. The van der Waals surface area contributed by atoms with Gasteiger partial charge in [0.15, 0.2) is 0 Å². The molecule has 0 amide bonds. The molecule has 1 aliphatic rings. The number of nitrogens with one attached hydrogen (secondary N) is 1.